The van der Waals surface area contributed by atoms with Gasteiger partial charge in [-0.05, 0) is 31.2 Å². The molecule has 3 heteroatoms. The first-order chi connectivity index (χ1) is 9.62. The van der Waals surface area contributed by atoms with Gasteiger partial charge in [0.05, 0.1) is 13.2 Å². The van der Waals surface area contributed by atoms with E-state index in [4.69, 9.17) is 9.47 Å². The van der Waals surface area contributed by atoms with Gasteiger partial charge in [0, 0.05) is 23.4 Å². The standard InChI is InChI=1S/C17H23NO2/c1-12-7-13(2)17(14(3)8-12)10-19-16(20-11-17)15-5-4-6-18-9-15/h4-7,9,13-14,16H,8,10-11H2,1-3H3. The summed E-state index contributed by atoms with van der Waals surface area (Å²) in [6.45, 7) is 8.36. The van der Waals surface area contributed by atoms with Crippen LogP contribution in [-0.4, -0.2) is 18.2 Å². The summed E-state index contributed by atoms with van der Waals surface area (Å²) in [6, 6.07) is 3.93. The van der Waals surface area contributed by atoms with Crippen molar-refractivity contribution in [2.75, 3.05) is 13.2 Å². The van der Waals surface area contributed by atoms with Gasteiger partial charge in [-0.2, -0.15) is 0 Å². The first kappa shape index (κ1) is 13.8. The average Bonchev–Trinajstić information content (AvgIpc) is 2.46. The topological polar surface area (TPSA) is 31.4 Å². The number of hydrogen-bond donors (Lipinski definition) is 0. The summed E-state index contributed by atoms with van der Waals surface area (Å²) >= 11 is 0. The van der Waals surface area contributed by atoms with E-state index in [0.29, 0.717) is 11.8 Å². The molecular weight excluding hydrogens is 250 g/mol. The Morgan fingerprint density at radius 1 is 1.25 bits per heavy atom. The molecule has 2 heterocycles. The van der Waals surface area contributed by atoms with Crippen LogP contribution >= 0.6 is 0 Å². The third kappa shape index (κ3) is 2.29. The lowest BCUT2D eigenvalue weighted by molar-refractivity contribution is -0.254. The predicted molar refractivity (Wildman–Crippen MR) is 78.0 cm³/mol. The zero-order chi connectivity index (χ0) is 14.2. The lowest BCUT2D eigenvalue weighted by Crippen LogP contribution is -2.49. The van der Waals surface area contributed by atoms with E-state index in [1.165, 1.54) is 5.57 Å². The first-order valence-electron chi connectivity index (χ1n) is 7.42. The van der Waals surface area contributed by atoms with Gasteiger partial charge >= 0.3 is 0 Å². The van der Waals surface area contributed by atoms with Gasteiger partial charge in [-0.25, -0.2) is 0 Å². The SMILES string of the molecule is CC1=CC(C)C2(COC(c3cccnc3)OC2)C(C)C1. The fourth-order valence-electron chi connectivity index (χ4n) is 3.60. The summed E-state index contributed by atoms with van der Waals surface area (Å²) in [5.41, 5.74) is 2.62. The monoisotopic (exact) mass is 273 g/mol. The van der Waals surface area contributed by atoms with Crippen LogP contribution in [0.25, 0.3) is 0 Å². The van der Waals surface area contributed by atoms with Crippen LogP contribution in [0.1, 0.15) is 39.0 Å². The minimum atomic E-state index is -0.263. The fourth-order valence-corrected chi connectivity index (χ4v) is 3.60. The van der Waals surface area contributed by atoms with E-state index < -0.39 is 0 Å². The molecule has 1 fully saturated rings. The molecule has 0 radical (unpaired) electrons. The molecule has 1 saturated heterocycles. The zero-order valence-electron chi connectivity index (χ0n) is 12.5. The molecule has 3 rings (SSSR count). The fraction of sp³-hybridized carbons (Fsp3) is 0.588. The van der Waals surface area contributed by atoms with E-state index in [1.54, 1.807) is 6.20 Å². The van der Waals surface area contributed by atoms with Crippen molar-refractivity contribution in [3.63, 3.8) is 0 Å². The van der Waals surface area contributed by atoms with E-state index >= 15 is 0 Å². The molecule has 1 aliphatic heterocycles. The molecule has 0 aromatic carbocycles. The normalized spacial score (nSPS) is 37.8. The molecular formula is C17H23NO2. The highest BCUT2D eigenvalue weighted by Gasteiger charge is 2.46. The highest BCUT2D eigenvalue weighted by Crippen LogP contribution is 2.48. The lowest BCUT2D eigenvalue weighted by Gasteiger charge is -2.49. The van der Waals surface area contributed by atoms with Crippen LogP contribution in [0.3, 0.4) is 0 Å². The van der Waals surface area contributed by atoms with Gasteiger partial charge in [0.15, 0.2) is 6.29 Å². The quantitative estimate of drug-likeness (QED) is 0.730. The Morgan fingerprint density at radius 3 is 2.60 bits per heavy atom. The smallest absolute Gasteiger partial charge is 0.185 e. The second-order valence-electron chi connectivity index (χ2n) is 6.38. The Labute approximate surface area is 121 Å². The van der Waals surface area contributed by atoms with E-state index in [2.05, 4.69) is 31.8 Å². The lowest BCUT2D eigenvalue weighted by atomic mass is 9.63. The Balaban J connectivity index is 1.75. The van der Waals surface area contributed by atoms with Crippen LogP contribution in [0.5, 0.6) is 0 Å². The summed E-state index contributed by atoms with van der Waals surface area (Å²) in [5.74, 6) is 1.10. The molecule has 1 aromatic rings. The van der Waals surface area contributed by atoms with Crippen molar-refractivity contribution in [2.45, 2.75) is 33.5 Å². The van der Waals surface area contributed by atoms with Crippen molar-refractivity contribution in [1.82, 2.24) is 4.98 Å². The van der Waals surface area contributed by atoms with Crippen LogP contribution in [0.2, 0.25) is 0 Å². The summed E-state index contributed by atoms with van der Waals surface area (Å²) in [5, 5.41) is 0. The predicted octanol–water partition coefficient (Wildman–Crippen LogP) is 3.74. The van der Waals surface area contributed by atoms with E-state index in [9.17, 15) is 0 Å². The van der Waals surface area contributed by atoms with Gasteiger partial charge in [-0.15, -0.1) is 0 Å². The second-order valence-corrected chi connectivity index (χ2v) is 6.38. The van der Waals surface area contributed by atoms with E-state index in [-0.39, 0.29) is 11.7 Å². The van der Waals surface area contributed by atoms with E-state index in [1.807, 2.05) is 18.3 Å². The third-order valence-corrected chi connectivity index (χ3v) is 5.01. The summed E-state index contributed by atoms with van der Waals surface area (Å²) < 4.78 is 12.1. The van der Waals surface area contributed by atoms with E-state index in [0.717, 1.165) is 25.2 Å². The number of allylic oxidation sites excluding steroid dienone is 2. The van der Waals surface area contributed by atoms with Crippen LogP contribution in [0.4, 0.5) is 0 Å². The molecule has 1 spiro atoms. The summed E-state index contributed by atoms with van der Waals surface area (Å²) in [6.07, 6.45) is 6.86. The van der Waals surface area contributed by atoms with Crippen molar-refractivity contribution in [1.29, 1.82) is 0 Å². The van der Waals surface area contributed by atoms with Crippen molar-refractivity contribution >= 4 is 0 Å². The largest absolute Gasteiger partial charge is 0.348 e. The molecule has 20 heavy (non-hydrogen) atoms. The Hall–Kier alpha value is -1.19. The molecule has 0 bridgehead atoms. The summed E-state index contributed by atoms with van der Waals surface area (Å²) in [4.78, 5) is 4.13. The maximum absolute atomic E-state index is 6.04. The number of aromatic nitrogens is 1. The maximum Gasteiger partial charge on any atom is 0.185 e. The van der Waals surface area contributed by atoms with Gasteiger partial charge in [-0.1, -0.05) is 31.6 Å². The first-order valence-corrected chi connectivity index (χ1v) is 7.42. The molecule has 3 nitrogen and oxygen atoms in total. The van der Waals surface area contributed by atoms with Crippen molar-refractivity contribution in [3.05, 3.63) is 41.7 Å². The van der Waals surface area contributed by atoms with Crippen molar-refractivity contribution in [2.24, 2.45) is 17.3 Å². The number of nitrogens with zero attached hydrogens (tertiary/aromatic N) is 1. The molecule has 1 aliphatic carbocycles. The van der Waals surface area contributed by atoms with Gasteiger partial charge in [0.25, 0.3) is 0 Å². The van der Waals surface area contributed by atoms with Crippen molar-refractivity contribution < 1.29 is 9.47 Å². The van der Waals surface area contributed by atoms with Crippen LogP contribution in [0.15, 0.2) is 36.2 Å². The molecule has 108 valence electrons. The molecule has 0 saturated carbocycles. The second kappa shape index (κ2) is 5.30. The van der Waals surface area contributed by atoms with Crippen LogP contribution in [-0.2, 0) is 9.47 Å². The Bertz CT molecular complexity index is 489. The minimum Gasteiger partial charge on any atom is -0.348 e. The number of rotatable bonds is 1. The molecule has 2 aliphatic rings. The molecule has 0 amide bonds. The molecule has 2 unspecified atom stereocenters. The zero-order valence-corrected chi connectivity index (χ0v) is 12.5. The highest BCUT2D eigenvalue weighted by molar-refractivity contribution is 5.15. The van der Waals surface area contributed by atoms with Gasteiger partial charge in [-0.3, -0.25) is 4.98 Å². The molecule has 0 N–H and O–H groups in total. The minimum absolute atomic E-state index is 0.123. The Kier molecular flexibility index (Phi) is 3.65. The molecule has 1 aromatic heterocycles. The van der Waals surface area contributed by atoms with Crippen LogP contribution in [0, 0.1) is 17.3 Å². The Morgan fingerprint density at radius 2 is 2.00 bits per heavy atom. The molecule has 2 atom stereocenters. The number of pyridine rings is 1. The van der Waals surface area contributed by atoms with Gasteiger partial charge in [0.1, 0.15) is 0 Å². The van der Waals surface area contributed by atoms with Crippen LogP contribution < -0.4 is 0 Å². The van der Waals surface area contributed by atoms with Gasteiger partial charge in [0.2, 0.25) is 0 Å². The number of hydrogen-bond acceptors (Lipinski definition) is 3. The number of ether oxygens (including phenoxy) is 2. The van der Waals surface area contributed by atoms with Crippen molar-refractivity contribution in [3.8, 4) is 0 Å². The van der Waals surface area contributed by atoms with Gasteiger partial charge < -0.3 is 9.47 Å². The summed E-state index contributed by atoms with van der Waals surface area (Å²) in [7, 11) is 0. The highest BCUT2D eigenvalue weighted by atomic mass is 16.7. The average molecular weight is 273 g/mol. The third-order valence-electron chi connectivity index (χ3n) is 5.01. The maximum atomic E-state index is 6.04.